The molecule has 0 aliphatic heterocycles. The fourth-order valence-electron chi connectivity index (χ4n) is 2.11. The maximum Gasteiger partial charge on any atom is 0.0780 e. The Kier molecular flexibility index (Phi) is 16.6. The number of thiol groups is 1. The molecular formula is C15H34BrNS. The van der Waals surface area contributed by atoms with Gasteiger partial charge in [0, 0.05) is 0 Å². The summed E-state index contributed by atoms with van der Waals surface area (Å²) in [6.45, 7) is 1.32. The summed E-state index contributed by atoms with van der Waals surface area (Å²) in [5, 5.41) is 0. The van der Waals surface area contributed by atoms with Crippen LogP contribution in [0.2, 0.25) is 0 Å². The van der Waals surface area contributed by atoms with Crippen LogP contribution >= 0.6 is 12.6 Å². The normalized spacial score (nSPS) is 11.3. The topological polar surface area (TPSA) is 0 Å². The smallest absolute Gasteiger partial charge is 0.0780 e. The van der Waals surface area contributed by atoms with Crippen molar-refractivity contribution in [2.45, 2.75) is 64.2 Å². The molecule has 0 amide bonds. The molecule has 0 fully saturated rings. The third kappa shape index (κ3) is 19.1. The first kappa shape index (κ1) is 21.1. The highest BCUT2D eigenvalue weighted by atomic mass is 79.9. The van der Waals surface area contributed by atoms with Crippen LogP contribution in [0.25, 0.3) is 0 Å². The molecule has 0 aromatic carbocycles. The summed E-state index contributed by atoms with van der Waals surface area (Å²) < 4.78 is 1.12. The molecule has 0 spiro atoms. The van der Waals surface area contributed by atoms with Crippen LogP contribution in [0.1, 0.15) is 64.2 Å². The largest absolute Gasteiger partial charge is 1.00 e. The fourth-order valence-corrected chi connectivity index (χ4v) is 2.34. The van der Waals surface area contributed by atoms with Crippen molar-refractivity contribution in [3.63, 3.8) is 0 Å². The number of unbranched alkanes of at least 4 members (excludes halogenated alkanes) is 9. The van der Waals surface area contributed by atoms with Crippen LogP contribution in [0.4, 0.5) is 0 Å². The second-order valence-electron chi connectivity index (χ2n) is 6.27. The third-order valence-corrected chi connectivity index (χ3v) is 3.55. The number of quaternary nitrogens is 1. The molecule has 0 radical (unpaired) electrons. The first-order valence-electron chi connectivity index (χ1n) is 7.47. The van der Waals surface area contributed by atoms with Crippen molar-refractivity contribution >= 4 is 12.6 Å². The Morgan fingerprint density at radius 1 is 0.611 bits per heavy atom. The molecular weight excluding hydrogens is 306 g/mol. The van der Waals surface area contributed by atoms with Gasteiger partial charge in [-0.1, -0.05) is 44.9 Å². The van der Waals surface area contributed by atoms with Crippen LogP contribution in [0.15, 0.2) is 0 Å². The Balaban J connectivity index is 0. The molecule has 0 aliphatic carbocycles. The monoisotopic (exact) mass is 339 g/mol. The average molecular weight is 340 g/mol. The summed E-state index contributed by atoms with van der Waals surface area (Å²) in [6, 6.07) is 0. The van der Waals surface area contributed by atoms with E-state index in [1.807, 2.05) is 0 Å². The lowest BCUT2D eigenvalue weighted by Crippen LogP contribution is -3.00. The van der Waals surface area contributed by atoms with Crippen molar-refractivity contribution in [3.8, 4) is 0 Å². The highest BCUT2D eigenvalue weighted by Crippen LogP contribution is 2.11. The summed E-state index contributed by atoms with van der Waals surface area (Å²) in [5.41, 5.74) is 0. The van der Waals surface area contributed by atoms with E-state index in [4.69, 9.17) is 0 Å². The molecule has 0 saturated heterocycles. The first-order chi connectivity index (χ1) is 8.06. The van der Waals surface area contributed by atoms with Crippen LogP contribution in [-0.4, -0.2) is 37.9 Å². The highest BCUT2D eigenvalue weighted by molar-refractivity contribution is 7.80. The second-order valence-corrected chi connectivity index (χ2v) is 6.72. The van der Waals surface area contributed by atoms with Gasteiger partial charge in [-0.15, -0.1) is 0 Å². The summed E-state index contributed by atoms with van der Waals surface area (Å²) in [6.07, 6.45) is 14.1. The lowest BCUT2D eigenvalue weighted by molar-refractivity contribution is -0.870. The predicted octanol–water partition coefficient (Wildman–Crippen LogP) is 1.53. The van der Waals surface area contributed by atoms with Crippen molar-refractivity contribution in [2.24, 2.45) is 0 Å². The summed E-state index contributed by atoms with van der Waals surface area (Å²) >= 11 is 4.23. The second kappa shape index (κ2) is 14.2. The van der Waals surface area contributed by atoms with Gasteiger partial charge in [0.15, 0.2) is 0 Å². The molecule has 0 unspecified atom stereocenters. The van der Waals surface area contributed by atoms with Crippen LogP contribution in [0.3, 0.4) is 0 Å². The highest BCUT2D eigenvalue weighted by Gasteiger charge is 2.04. The van der Waals surface area contributed by atoms with Crippen LogP contribution in [-0.2, 0) is 0 Å². The van der Waals surface area contributed by atoms with E-state index in [1.54, 1.807) is 0 Å². The van der Waals surface area contributed by atoms with E-state index in [1.165, 1.54) is 70.8 Å². The number of halogens is 1. The summed E-state index contributed by atoms with van der Waals surface area (Å²) in [5.74, 6) is 1.06. The lowest BCUT2D eigenvalue weighted by atomic mass is 10.1. The summed E-state index contributed by atoms with van der Waals surface area (Å²) in [7, 11) is 6.85. The van der Waals surface area contributed by atoms with Gasteiger partial charge in [-0.25, -0.2) is 0 Å². The maximum absolute atomic E-state index is 4.23. The van der Waals surface area contributed by atoms with Crippen molar-refractivity contribution in [2.75, 3.05) is 33.4 Å². The van der Waals surface area contributed by atoms with Gasteiger partial charge in [-0.3, -0.25) is 0 Å². The van der Waals surface area contributed by atoms with Gasteiger partial charge in [0.25, 0.3) is 0 Å². The molecule has 0 aliphatic rings. The van der Waals surface area contributed by atoms with E-state index >= 15 is 0 Å². The van der Waals surface area contributed by atoms with Crippen molar-refractivity contribution in [1.29, 1.82) is 0 Å². The van der Waals surface area contributed by atoms with Gasteiger partial charge in [0.05, 0.1) is 27.7 Å². The van der Waals surface area contributed by atoms with Gasteiger partial charge >= 0.3 is 0 Å². The Morgan fingerprint density at radius 3 is 1.28 bits per heavy atom. The van der Waals surface area contributed by atoms with E-state index in [-0.39, 0.29) is 17.0 Å². The number of hydrogen-bond donors (Lipinski definition) is 1. The SMILES string of the molecule is C[N+](C)(C)CCCCCCCCCCCCS.[Br-]. The Labute approximate surface area is 131 Å². The molecule has 0 atom stereocenters. The van der Waals surface area contributed by atoms with Gasteiger partial charge in [0.2, 0.25) is 0 Å². The minimum atomic E-state index is 0. The van der Waals surface area contributed by atoms with Crippen LogP contribution in [0.5, 0.6) is 0 Å². The predicted molar refractivity (Wildman–Crippen MR) is 82.9 cm³/mol. The molecule has 0 heterocycles. The minimum Gasteiger partial charge on any atom is -1.00 e. The minimum absolute atomic E-state index is 0. The standard InChI is InChI=1S/C15H33NS.BrH/c1-16(2,3)14-12-10-8-6-4-5-7-9-11-13-15-17;/h4-15H2,1-3H3;1H. The Hall–Kier alpha value is 0.790. The van der Waals surface area contributed by atoms with Gasteiger partial charge in [-0.2, -0.15) is 12.6 Å². The zero-order chi connectivity index (χ0) is 13.0. The number of rotatable bonds is 12. The van der Waals surface area contributed by atoms with Crippen molar-refractivity contribution < 1.29 is 21.5 Å². The molecule has 0 aromatic rings. The maximum atomic E-state index is 4.23. The molecule has 3 heteroatoms. The molecule has 18 heavy (non-hydrogen) atoms. The van der Waals surface area contributed by atoms with Crippen LogP contribution in [0, 0.1) is 0 Å². The third-order valence-electron chi connectivity index (χ3n) is 3.24. The molecule has 0 N–H and O–H groups in total. The number of nitrogens with zero attached hydrogens (tertiary/aromatic N) is 1. The fraction of sp³-hybridized carbons (Fsp3) is 1.00. The number of hydrogen-bond acceptors (Lipinski definition) is 1. The van der Waals surface area contributed by atoms with E-state index in [9.17, 15) is 0 Å². The molecule has 0 rings (SSSR count). The first-order valence-corrected chi connectivity index (χ1v) is 8.11. The van der Waals surface area contributed by atoms with E-state index in [0.29, 0.717) is 0 Å². The van der Waals surface area contributed by atoms with Gasteiger partial charge < -0.3 is 21.5 Å². The van der Waals surface area contributed by atoms with E-state index in [2.05, 4.69) is 33.8 Å². The molecule has 0 bridgehead atoms. The average Bonchev–Trinajstić information content (AvgIpc) is 2.24. The van der Waals surface area contributed by atoms with Crippen LogP contribution < -0.4 is 17.0 Å². The molecule has 1 nitrogen and oxygen atoms in total. The van der Waals surface area contributed by atoms with E-state index < -0.39 is 0 Å². The molecule has 0 aromatic heterocycles. The zero-order valence-electron chi connectivity index (χ0n) is 12.8. The van der Waals surface area contributed by atoms with Gasteiger partial charge in [0.1, 0.15) is 0 Å². The quantitative estimate of drug-likeness (QED) is 0.311. The Bertz CT molecular complexity index is 157. The van der Waals surface area contributed by atoms with Gasteiger partial charge in [-0.05, 0) is 25.0 Å². The molecule has 0 saturated carbocycles. The zero-order valence-corrected chi connectivity index (χ0v) is 15.2. The lowest BCUT2D eigenvalue weighted by Gasteiger charge is -2.23. The Morgan fingerprint density at radius 2 is 0.944 bits per heavy atom. The molecule has 112 valence electrons. The van der Waals surface area contributed by atoms with E-state index in [0.717, 1.165) is 10.2 Å². The summed E-state index contributed by atoms with van der Waals surface area (Å²) in [4.78, 5) is 0. The van der Waals surface area contributed by atoms with Crippen molar-refractivity contribution in [1.82, 2.24) is 0 Å². The van der Waals surface area contributed by atoms with Crippen molar-refractivity contribution in [3.05, 3.63) is 0 Å².